The zero-order valence-electron chi connectivity index (χ0n) is 13.6. The number of nitrogens with one attached hydrogen (secondary N) is 2. The molecule has 3 fully saturated rings. The molecule has 0 aromatic heterocycles. The van der Waals surface area contributed by atoms with Crippen LogP contribution in [0.2, 0.25) is 0 Å². The van der Waals surface area contributed by atoms with E-state index in [0.717, 1.165) is 19.6 Å². The molecule has 0 spiro atoms. The van der Waals surface area contributed by atoms with Crippen molar-refractivity contribution in [1.82, 2.24) is 15.8 Å². The molecular formula is C16H29N4P. The third-order valence-electron chi connectivity index (χ3n) is 4.97. The van der Waals surface area contributed by atoms with Crippen molar-refractivity contribution in [1.29, 1.82) is 0 Å². The molecule has 3 aliphatic rings. The minimum atomic E-state index is 0.0367. The Balaban J connectivity index is 1.91. The number of aliphatic imine (C=N–C) groups is 1. The van der Waals surface area contributed by atoms with Crippen LogP contribution in [0.4, 0.5) is 0 Å². The van der Waals surface area contributed by atoms with Gasteiger partial charge in [0, 0.05) is 23.7 Å². The maximum atomic E-state index is 4.89. The van der Waals surface area contributed by atoms with Gasteiger partial charge in [-0.3, -0.25) is 4.99 Å². The molecule has 118 valence electrons. The summed E-state index contributed by atoms with van der Waals surface area (Å²) in [5.41, 5.74) is 4.22. The summed E-state index contributed by atoms with van der Waals surface area (Å²) in [6, 6.07) is 0. The van der Waals surface area contributed by atoms with Crippen LogP contribution >= 0.6 is 7.92 Å². The number of hydrazine groups is 1. The summed E-state index contributed by atoms with van der Waals surface area (Å²) in [7, 11) is 0.0367. The highest BCUT2D eigenvalue weighted by atomic mass is 31.1. The molecule has 6 atom stereocenters. The summed E-state index contributed by atoms with van der Waals surface area (Å²) in [5, 5.41) is 6.31. The Morgan fingerprint density at radius 1 is 1.48 bits per heavy atom. The molecule has 0 aliphatic carbocycles. The van der Waals surface area contributed by atoms with Crippen LogP contribution in [0.3, 0.4) is 0 Å². The van der Waals surface area contributed by atoms with E-state index in [-0.39, 0.29) is 13.5 Å². The van der Waals surface area contributed by atoms with Gasteiger partial charge in [-0.15, -0.1) is 6.58 Å². The van der Waals surface area contributed by atoms with Crippen molar-refractivity contribution in [3.63, 3.8) is 0 Å². The molecule has 0 aromatic rings. The van der Waals surface area contributed by atoms with E-state index in [4.69, 9.17) is 4.99 Å². The van der Waals surface area contributed by atoms with Crippen molar-refractivity contribution >= 4 is 13.8 Å². The molecule has 0 bridgehead atoms. The van der Waals surface area contributed by atoms with Gasteiger partial charge < -0.3 is 5.32 Å². The molecule has 6 unspecified atom stereocenters. The molecule has 3 heterocycles. The van der Waals surface area contributed by atoms with Gasteiger partial charge in [0.1, 0.15) is 5.84 Å². The normalized spacial score (nSPS) is 46.4. The fourth-order valence-corrected chi connectivity index (χ4v) is 6.98. The molecule has 21 heavy (non-hydrogen) atoms. The van der Waals surface area contributed by atoms with Crippen molar-refractivity contribution in [2.45, 2.75) is 57.0 Å². The van der Waals surface area contributed by atoms with Crippen LogP contribution < -0.4 is 10.7 Å². The fourth-order valence-electron chi connectivity index (χ4n) is 3.79. The maximum absolute atomic E-state index is 4.89. The van der Waals surface area contributed by atoms with E-state index in [1.165, 1.54) is 24.8 Å². The van der Waals surface area contributed by atoms with E-state index < -0.39 is 0 Å². The third-order valence-corrected chi connectivity index (χ3v) is 7.79. The van der Waals surface area contributed by atoms with Crippen molar-refractivity contribution in [3.05, 3.63) is 12.7 Å². The Labute approximate surface area is 130 Å². The summed E-state index contributed by atoms with van der Waals surface area (Å²) in [6.45, 7) is 13.0. The Bertz CT molecular complexity index is 434. The molecule has 0 aromatic carbocycles. The molecule has 4 nitrogen and oxygen atoms in total. The molecule has 2 N–H and O–H groups in total. The topological polar surface area (TPSA) is 49.3 Å². The van der Waals surface area contributed by atoms with Crippen LogP contribution in [0.5, 0.6) is 0 Å². The van der Waals surface area contributed by atoms with Gasteiger partial charge in [0.15, 0.2) is 0 Å². The fraction of sp³-hybridized carbons (Fsp3) is 0.812. The number of hydrogen-bond donors (Lipinski definition) is 2. The molecule has 3 rings (SSSR count). The van der Waals surface area contributed by atoms with E-state index in [9.17, 15) is 0 Å². The number of amidine groups is 1. The zero-order chi connectivity index (χ0) is 15.0. The zero-order valence-corrected chi connectivity index (χ0v) is 14.5. The second-order valence-corrected chi connectivity index (χ2v) is 9.28. The van der Waals surface area contributed by atoms with Gasteiger partial charge in [-0.2, -0.15) is 0 Å². The molecular weight excluding hydrogens is 279 g/mol. The van der Waals surface area contributed by atoms with Crippen molar-refractivity contribution in [2.24, 2.45) is 10.9 Å². The number of rotatable bonds is 6. The number of nitrogens with zero attached hydrogens (tertiary/aromatic N) is 2. The summed E-state index contributed by atoms with van der Waals surface area (Å²) in [4.78, 5) is 4.89. The van der Waals surface area contributed by atoms with Crippen molar-refractivity contribution in [2.75, 3.05) is 19.4 Å². The first-order chi connectivity index (χ1) is 10.1. The third kappa shape index (κ3) is 2.91. The van der Waals surface area contributed by atoms with E-state index >= 15 is 0 Å². The van der Waals surface area contributed by atoms with Crippen LogP contribution in [0.15, 0.2) is 17.6 Å². The Kier molecular flexibility index (Phi) is 4.40. The Morgan fingerprint density at radius 2 is 2.24 bits per heavy atom. The maximum Gasteiger partial charge on any atom is 0.105 e. The predicted molar refractivity (Wildman–Crippen MR) is 91.9 cm³/mol. The number of hydrogen-bond acceptors (Lipinski definition) is 3. The molecule has 0 radical (unpaired) electrons. The van der Waals surface area contributed by atoms with E-state index in [2.05, 4.69) is 49.2 Å². The lowest BCUT2D eigenvalue weighted by molar-refractivity contribution is 0.234. The molecule has 0 saturated carbocycles. The van der Waals surface area contributed by atoms with Gasteiger partial charge in [0.2, 0.25) is 0 Å². The van der Waals surface area contributed by atoms with E-state index in [0.29, 0.717) is 17.4 Å². The Morgan fingerprint density at radius 3 is 2.81 bits per heavy atom. The van der Waals surface area contributed by atoms with Crippen LogP contribution in [-0.2, 0) is 0 Å². The Hall–Kier alpha value is -0.440. The first-order valence-electron chi connectivity index (χ1n) is 8.35. The lowest BCUT2D eigenvalue weighted by Crippen LogP contribution is -2.54. The summed E-state index contributed by atoms with van der Waals surface area (Å²) in [6.07, 6.45) is 7.04. The lowest BCUT2D eigenvalue weighted by Gasteiger charge is -2.40. The van der Waals surface area contributed by atoms with Crippen LogP contribution in [-0.4, -0.2) is 47.2 Å². The predicted octanol–water partition coefficient (Wildman–Crippen LogP) is 2.73. The SMILES string of the molecule is C=CC1C(N2CN2)P2CC2C(=NCCC)NC1(C)CCC. The quantitative estimate of drug-likeness (QED) is 0.451. The summed E-state index contributed by atoms with van der Waals surface area (Å²) < 4.78 is 0. The smallest absolute Gasteiger partial charge is 0.105 e. The van der Waals surface area contributed by atoms with Gasteiger partial charge in [-0.1, -0.05) is 34.3 Å². The van der Waals surface area contributed by atoms with Crippen molar-refractivity contribution in [3.8, 4) is 0 Å². The highest BCUT2D eigenvalue weighted by molar-refractivity contribution is 7.68. The van der Waals surface area contributed by atoms with Gasteiger partial charge in [0.25, 0.3) is 0 Å². The van der Waals surface area contributed by atoms with Gasteiger partial charge in [-0.25, -0.2) is 10.4 Å². The standard InChI is InChI=1S/C16H29N4P/c1-5-8-16(4)12(7-3)15(20-11-18-20)21-10-13(21)14(19-16)17-9-6-2/h7,12-13,15,18H,3,5-6,8-11H2,1-2,4H3,(H,17,19). The first kappa shape index (κ1) is 15.5. The molecule has 0 amide bonds. The average molecular weight is 308 g/mol. The summed E-state index contributed by atoms with van der Waals surface area (Å²) in [5.74, 6) is 2.44. The van der Waals surface area contributed by atoms with E-state index in [1.54, 1.807) is 0 Å². The highest BCUT2D eigenvalue weighted by Crippen LogP contribution is 2.68. The second-order valence-electron chi connectivity index (χ2n) is 6.73. The summed E-state index contributed by atoms with van der Waals surface area (Å²) >= 11 is 0. The van der Waals surface area contributed by atoms with Crippen LogP contribution in [0.1, 0.15) is 40.0 Å². The van der Waals surface area contributed by atoms with Crippen LogP contribution in [0.25, 0.3) is 0 Å². The minimum absolute atomic E-state index is 0.0367. The first-order valence-corrected chi connectivity index (χ1v) is 10.0. The van der Waals surface area contributed by atoms with Gasteiger partial charge >= 0.3 is 0 Å². The molecule has 3 saturated heterocycles. The largest absolute Gasteiger partial charge is 0.367 e. The van der Waals surface area contributed by atoms with E-state index in [1.807, 2.05) is 0 Å². The second kappa shape index (κ2) is 5.98. The molecule has 5 heteroatoms. The average Bonchev–Trinajstić information content (AvgIpc) is 3.33. The van der Waals surface area contributed by atoms with Gasteiger partial charge in [-0.05, 0) is 25.9 Å². The minimum Gasteiger partial charge on any atom is -0.367 e. The van der Waals surface area contributed by atoms with Crippen LogP contribution in [0, 0.1) is 5.92 Å². The van der Waals surface area contributed by atoms with Gasteiger partial charge in [0.05, 0.1) is 12.5 Å². The molecule has 3 aliphatic heterocycles. The highest BCUT2D eigenvalue weighted by Gasteiger charge is 2.58. The number of fused-ring (bicyclic) bond motifs is 1. The lowest BCUT2D eigenvalue weighted by atomic mass is 9.81. The van der Waals surface area contributed by atoms with Crippen molar-refractivity contribution < 1.29 is 0 Å². The monoisotopic (exact) mass is 308 g/mol.